The Bertz CT molecular complexity index is 813. The first-order valence-corrected chi connectivity index (χ1v) is 8.04. The van der Waals surface area contributed by atoms with Crippen molar-refractivity contribution in [3.63, 3.8) is 0 Å². The largest absolute Gasteiger partial charge is 0.245 e. The smallest absolute Gasteiger partial charge is 0.0907 e. The maximum atomic E-state index is 4.33. The van der Waals surface area contributed by atoms with Gasteiger partial charge in [-0.15, -0.1) is 22.7 Å². The number of nitrogens with zero attached hydrogens (tertiary/aromatic N) is 2. The zero-order valence-corrected chi connectivity index (χ0v) is 13.0. The third-order valence-electron chi connectivity index (χ3n) is 2.89. The Labute approximate surface area is 125 Å². The van der Waals surface area contributed by atoms with Crippen LogP contribution in [0.3, 0.4) is 0 Å². The van der Waals surface area contributed by atoms with Crippen molar-refractivity contribution in [3.8, 4) is 0 Å². The van der Waals surface area contributed by atoms with Crippen molar-refractivity contribution in [2.75, 3.05) is 0 Å². The van der Waals surface area contributed by atoms with Crippen LogP contribution in [0.1, 0.15) is 10.6 Å². The summed E-state index contributed by atoms with van der Waals surface area (Å²) in [5.74, 6) is 0. The van der Waals surface area contributed by atoms with E-state index in [1.807, 2.05) is 30.6 Å². The van der Waals surface area contributed by atoms with Crippen molar-refractivity contribution < 1.29 is 0 Å². The fraction of sp³-hybridized carbons (Fsp3) is 0.125. The lowest BCUT2D eigenvalue weighted by Crippen LogP contribution is -1.69. The summed E-state index contributed by atoms with van der Waals surface area (Å²) in [4.78, 5) is 8.51. The van der Waals surface area contributed by atoms with E-state index in [9.17, 15) is 0 Å². The van der Waals surface area contributed by atoms with E-state index in [2.05, 4.69) is 41.2 Å². The number of thiazole rings is 2. The third-order valence-corrected chi connectivity index (χ3v) is 4.63. The number of benzene rings is 2. The molecule has 0 spiro atoms. The second-order valence-corrected chi connectivity index (χ2v) is 6.65. The highest BCUT2D eigenvalue weighted by Gasteiger charge is 1.95. The predicted octanol–water partition coefficient (Wildman–Crippen LogP) is 5.21. The summed E-state index contributed by atoms with van der Waals surface area (Å²) >= 11 is 3.43. The molecule has 2 aromatic carbocycles. The minimum atomic E-state index is 1.11. The van der Waals surface area contributed by atoms with Gasteiger partial charge in [0.15, 0.2) is 0 Å². The van der Waals surface area contributed by atoms with Crippen LogP contribution >= 0.6 is 22.7 Å². The lowest BCUT2D eigenvalue weighted by atomic mass is 10.2. The van der Waals surface area contributed by atoms with E-state index in [0.29, 0.717) is 0 Å². The number of aryl methyl sites for hydroxylation is 2. The Morgan fingerprint density at radius 3 is 2.60 bits per heavy atom. The van der Waals surface area contributed by atoms with E-state index in [1.165, 1.54) is 15.0 Å². The molecule has 0 aliphatic heterocycles. The standard InChI is InChI=1S/2C8H7NS/c1-6-2-3-7-8(4-6)10-5-9-7;1-6-9-7-4-2-3-5-8(7)10-6/h2*2-5H,1H3. The van der Waals surface area contributed by atoms with Crippen LogP contribution in [0.25, 0.3) is 20.4 Å². The molecule has 0 amide bonds. The normalized spacial score (nSPS) is 10.5. The monoisotopic (exact) mass is 298 g/mol. The molecule has 0 unspecified atom stereocenters. The fourth-order valence-corrected chi connectivity index (χ4v) is 3.55. The quantitative estimate of drug-likeness (QED) is 0.445. The van der Waals surface area contributed by atoms with Crippen molar-refractivity contribution in [3.05, 3.63) is 58.5 Å². The molecule has 0 saturated carbocycles. The maximum Gasteiger partial charge on any atom is 0.0907 e. The van der Waals surface area contributed by atoms with E-state index in [-0.39, 0.29) is 0 Å². The molecule has 2 nitrogen and oxygen atoms in total. The van der Waals surface area contributed by atoms with Gasteiger partial charge in [0.1, 0.15) is 0 Å². The zero-order chi connectivity index (χ0) is 13.9. The molecule has 0 N–H and O–H groups in total. The molecule has 0 aliphatic rings. The number of aromatic nitrogens is 2. The topological polar surface area (TPSA) is 25.8 Å². The Morgan fingerprint density at radius 2 is 1.75 bits per heavy atom. The highest BCUT2D eigenvalue weighted by molar-refractivity contribution is 7.18. The molecule has 0 bridgehead atoms. The van der Waals surface area contributed by atoms with E-state index < -0.39 is 0 Å². The summed E-state index contributed by atoms with van der Waals surface area (Å²) in [5, 5.41) is 1.14. The molecular formula is C16H14N2S2. The van der Waals surface area contributed by atoms with Crippen molar-refractivity contribution in [2.45, 2.75) is 13.8 Å². The van der Waals surface area contributed by atoms with Gasteiger partial charge in [0, 0.05) is 0 Å². The van der Waals surface area contributed by atoms with E-state index in [4.69, 9.17) is 0 Å². The minimum Gasteiger partial charge on any atom is -0.245 e. The van der Waals surface area contributed by atoms with Gasteiger partial charge in [0.05, 0.1) is 31.0 Å². The second-order valence-electron chi connectivity index (χ2n) is 4.52. The van der Waals surface area contributed by atoms with Gasteiger partial charge >= 0.3 is 0 Å². The van der Waals surface area contributed by atoms with Gasteiger partial charge in [-0.05, 0) is 43.7 Å². The van der Waals surface area contributed by atoms with Gasteiger partial charge in [0.25, 0.3) is 0 Å². The van der Waals surface area contributed by atoms with Crippen molar-refractivity contribution >= 4 is 43.1 Å². The van der Waals surface area contributed by atoms with Crippen molar-refractivity contribution in [1.82, 2.24) is 9.97 Å². The molecule has 0 aliphatic carbocycles. The summed E-state index contributed by atoms with van der Waals surface area (Å²) in [6.45, 7) is 4.13. The molecule has 0 radical (unpaired) electrons. The summed E-state index contributed by atoms with van der Waals surface area (Å²) in [5.41, 5.74) is 5.40. The third kappa shape index (κ3) is 2.86. The Hall–Kier alpha value is -1.78. The Balaban J connectivity index is 0.000000121. The number of para-hydroxylation sites is 1. The Morgan fingerprint density at radius 1 is 0.900 bits per heavy atom. The number of rotatable bonds is 0. The molecule has 2 heterocycles. The first-order chi connectivity index (χ1) is 9.72. The highest BCUT2D eigenvalue weighted by Crippen LogP contribution is 2.20. The molecule has 20 heavy (non-hydrogen) atoms. The Kier molecular flexibility index (Phi) is 3.76. The SMILES string of the molecule is Cc1ccc2ncsc2c1.Cc1nc2ccccc2s1. The number of hydrogen-bond donors (Lipinski definition) is 0. The van der Waals surface area contributed by atoms with Crippen LogP contribution in [0, 0.1) is 13.8 Å². The molecular weight excluding hydrogens is 284 g/mol. The summed E-state index contributed by atoms with van der Waals surface area (Å²) in [6, 6.07) is 14.5. The number of fused-ring (bicyclic) bond motifs is 2. The van der Waals surface area contributed by atoms with Crippen molar-refractivity contribution in [1.29, 1.82) is 0 Å². The average molecular weight is 298 g/mol. The van der Waals surface area contributed by atoms with Gasteiger partial charge in [-0.3, -0.25) is 0 Å². The second kappa shape index (κ2) is 5.69. The first-order valence-electron chi connectivity index (χ1n) is 6.34. The van der Waals surface area contributed by atoms with Crippen LogP contribution in [0.2, 0.25) is 0 Å². The zero-order valence-electron chi connectivity index (χ0n) is 11.3. The predicted molar refractivity (Wildman–Crippen MR) is 88.7 cm³/mol. The van der Waals surface area contributed by atoms with Crippen LogP contribution < -0.4 is 0 Å². The van der Waals surface area contributed by atoms with Crippen LogP contribution in [-0.4, -0.2) is 9.97 Å². The molecule has 0 saturated heterocycles. The summed E-state index contributed by atoms with van der Waals surface area (Å²) in [6.07, 6.45) is 0. The summed E-state index contributed by atoms with van der Waals surface area (Å²) in [7, 11) is 0. The molecule has 4 aromatic rings. The van der Waals surface area contributed by atoms with Crippen LogP contribution in [0.4, 0.5) is 0 Å². The van der Waals surface area contributed by atoms with Gasteiger partial charge in [-0.25, -0.2) is 9.97 Å². The molecule has 2 aromatic heterocycles. The molecule has 4 rings (SSSR count). The first kappa shape index (κ1) is 13.2. The van der Waals surface area contributed by atoms with Crippen LogP contribution in [-0.2, 0) is 0 Å². The van der Waals surface area contributed by atoms with Gasteiger partial charge in [0.2, 0.25) is 0 Å². The summed E-state index contributed by atoms with van der Waals surface area (Å²) < 4.78 is 2.56. The van der Waals surface area contributed by atoms with Crippen LogP contribution in [0.5, 0.6) is 0 Å². The lowest BCUT2D eigenvalue weighted by molar-refractivity contribution is 1.35. The molecule has 4 heteroatoms. The molecule has 100 valence electrons. The van der Waals surface area contributed by atoms with Gasteiger partial charge in [-0.1, -0.05) is 18.2 Å². The highest BCUT2D eigenvalue weighted by atomic mass is 32.1. The minimum absolute atomic E-state index is 1.11. The lowest BCUT2D eigenvalue weighted by Gasteiger charge is -1.88. The molecule has 0 fully saturated rings. The van der Waals surface area contributed by atoms with E-state index in [0.717, 1.165) is 16.0 Å². The van der Waals surface area contributed by atoms with E-state index in [1.54, 1.807) is 22.7 Å². The average Bonchev–Trinajstić information content (AvgIpc) is 3.03. The van der Waals surface area contributed by atoms with Gasteiger partial charge in [-0.2, -0.15) is 0 Å². The van der Waals surface area contributed by atoms with Crippen LogP contribution in [0.15, 0.2) is 48.0 Å². The maximum absolute atomic E-state index is 4.33. The molecule has 0 atom stereocenters. The fourth-order valence-electron chi connectivity index (χ4n) is 1.95. The van der Waals surface area contributed by atoms with E-state index >= 15 is 0 Å². The number of hydrogen-bond acceptors (Lipinski definition) is 4. The van der Waals surface area contributed by atoms with Crippen molar-refractivity contribution in [2.24, 2.45) is 0 Å². The van der Waals surface area contributed by atoms with Gasteiger partial charge < -0.3 is 0 Å².